The second-order valence-electron chi connectivity index (χ2n) is 9.46. The summed E-state index contributed by atoms with van der Waals surface area (Å²) in [5.74, 6) is 6.64. The fourth-order valence-electron chi connectivity index (χ4n) is 5.17. The van der Waals surface area contributed by atoms with E-state index in [1.165, 1.54) is 18.3 Å². The normalized spacial score (nSPS) is 20.6. The minimum atomic E-state index is -0.374. The Balaban J connectivity index is 1.29. The highest BCUT2D eigenvalue weighted by Gasteiger charge is 2.43. The van der Waals surface area contributed by atoms with E-state index in [0.717, 1.165) is 31.5 Å². The minimum absolute atomic E-state index is 0.0560. The van der Waals surface area contributed by atoms with Crippen LogP contribution in [0.4, 0.5) is 10.2 Å². The maximum atomic E-state index is 13.2. The smallest absolute Gasteiger partial charge is 0.276 e. The van der Waals surface area contributed by atoms with Crippen LogP contribution in [0.5, 0.6) is 0 Å². The number of carbonyl (C=O) groups is 2. The van der Waals surface area contributed by atoms with Gasteiger partial charge in [0.1, 0.15) is 17.3 Å². The summed E-state index contributed by atoms with van der Waals surface area (Å²) in [5, 5.41) is 7.56. The summed E-state index contributed by atoms with van der Waals surface area (Å²) < 4.78 is 14.8. The molecule has 1 saturated heterocycles. The fourth-order valence-corrected chi connectivity index (χ4v) is 5.39. The number of pyridine rings is 1. The van der Waals surface area contributed by atoms with Crippen LogP contribution in [-0.2, 0) is 4.79 Å². The number of hydrogen-bond donors (Lipinski definition) is 1. The van der Waals surface area contributed by atoms with Crippen LogP contribution in [0, 0.1) is 36.4 Å². The second kappa shape index (κ2) is 9.75. The molecule has 1 aromatic carbocycles. The number of amides is 2. The summed E-state index contributed by atoms with van der Waals surface area (Å²) in [6.07, 6.45) is 4.79. The molecule has 0 bridgehead atoms. The first kappa shape index (κ1) is 24.0. The van der Waals surface area contributed by atoms with Gasteiger partial charge in [0.05, 0.1) is 17.3 Å². The van der Waals surface area contributed by atoms with Gasteiger partial charge in [-0.05, 0) is 67.5 Å². The van der Waals surface area contributed by atoms with Gasteiger partial charge in [0, 0.05) is 37.3 Å². The van der Waals surface area contributed by atoms with Crippen molar-refractivity contribution in [2.24, 2.45) is 11.8 Å². The van der Waals surface area contributed by atoms with Gasteiger partial charge in [-0.3, -0.25) is 14.3 Å². The maximum Gasteiger partial charge on any atom is 0.276 e. The third kappa shape index (κ3) is 4.84. The van der Waals surface area contributed by atoms with E-state index in [2.05, 4.69) is 27.2 Å². The molecule has 2 aromatic heterocycles. The fraction of sp³-hybridized carbons (Fsp3) is 0.333. The molecule has 1 aliphatic heterocycles. The molecule has 5 rings (SSSR count). The van der Waals surface area contributed by atoms with Gasteiger partial charge in [-0.1, -0.05) is 23.4 Å². The molecule has 2 aliphatic rings. The van der Waals surface area contributed by atoms with Crippen molar-refractivity contribution in [3.8, 4) is 11.8 Å². The largest absolute Gasteiger partial charge is 0.342 e. The summed E-state index contributed by atoms with van der Waals surface area (Å²) in [4.78, 5) is 31.2. The van der Waals surface area contributed by atoms with Crippen LogP contribution in [0.2, 0.25) is 5.02 Å². The third-order valence-electron chi connectivity index (χ3n) is 6.99. The molecule has 2 fully saturated rings. The first-order valence-electron chi connectivity index (χ1n) is 11.8. The number of carbonyl (C=O) groups excluding carboxylic acids is 2. The summed E-state index contributed by atoms with van der Waals surface area (Å²) >= 11 is 6.38. The Bertz CT molecular complexity index is 1380. The third-order valence-corrected chi connectivity index (χ3v) is 7.27. The van der Waals surface area contributed by atoms with Gasteiger partial charge in [-0.15, -0.1) is 0 Å². The summed E-state index contributed by atoms with van der Waals surface area (Å²) in [6, 6.07) is 7.83. The van der Waals surface area contributed by atoms with Crippen molar-refractivity contribution in [3.05, 3.63) is 75.9 Å². The Morgan fingerprint density at radius 3 is 2.39 bits per heavy atom. The van der Waals surface area contributed by atoms with Crippen molar-refractivity contribution in [3.63, 3.8) is 0 Å². The summed E-state index contributed by atoms with van der Waals surface area (Å²) in [7, 11) is 0. The molecule has 36 heavy (non-hydrogen) atoms. The number of likely N-dealkylation sites (tertiary alicyclic amines) is 1. The molecule has 7 nitrogen and oxygen atoms in total. The zero-order valence-electron chi connectivity index (χ0n) is 20.0. The second-order valence-corrected chi connectivity index (χ2v) is 9.86. The van der Waals surface area contributed by atoms with E-state index in [1.807, 2.05) is 17.9 Å². The van der Waals surface area contributed by atoms with Crippen LogP contribution in [0.15, 0.2) is 42.7 Å². The number of rotatable bonds is 3. The molecular weight excluding hydrogens is 481 g/mol. The number of halogens is 2. The molecular formula is C27H25ClFN5O2. The Morgan fingerprint density at radius 2 is 1.75 bits per heavy atom. The van der Waals surface area contributed by atoms with E-state index >= 15 is 0 Å². The molecule has 3 heterocycles. The van der Waals surface area contributed by atoms with Crippen molar-refractivity contribution >= 4 is 29.2 Å². The Kier molecular flexibility index (Phi) is 6.50. The lowest BCUT2D eigenvalue weighted by atomic mass is 10.0. The molecule has 3 atom stereocenters. The van der Waals surface area contributed by atoms with Gasteiger partial charge >= 0.3 is 0 Å². The van der Waals surface area contributed by atoms with E-state index in [1.54, 1.807) is 29.9 Å². The van der Waals surface area contributed by atoms with Crippen LogP contribution < -0.4 is 5.32 Å². The molecule has 1 N–H and O–H groups in total. The van der Waals surface area contributed by atoms with Crippen molar-refractivity contribution in [2.45, 2.75) is 32.7 Å². The molecule has 184 valence electrons. The standard InChI is InChI=1S/C27H25ClFN5O2/c1-16-9-19(4-3-18-5-7-22(29)8-6-18)12-30-26(16)32-27(36)25-24(28)13-31-34(25)23-10-20-14-33(17(2)35)15-21(20)11-23/h5-9,12-13,20-21,23H,10-11,14-15H2,1-2H3,(H,30,32,36)/t20-,21+,23?. The Labute approximate surface area is 213 Å². The summed E-state index contributed by atoms with van der Waals surface area (Å²) in [5.41, 5.74) is 2.43. The number of aryl methyl sites for hydroxylation is 1. The summed E-state index contributed by atoms with van der Waals surface area (Å²) in [6.45, 7) is 4.96. The predicted molar refractivity (Wildman–Crippen MR) is 134 cm³/mol. The van der Waals surface area contributed by atoms with Crippen molar-refractivity contribution in [1.82, 2.24) is 19.7 Å². The van der Waals surface area contributed by atoms with Crippen LogP contribution in [0.25, 0.3) is 0 Å². The lowest BCUT2D eigenvalue weighted by molar-refractivity contribution is -0.128. The van der Waals surface area contributed by atoms with Crippen LogP contribution in [-0.4, -0.2) is 44.6 Å². The quantitative estimate of drug-likeness (QED) is 0.533. The molecule has 1 unspecified atom stereocenters. The monoisotopic (exact) mass is 505 g/mol. The van der Waals surface area contributed by atoms with E-state index in [0.29, 0.717) is 34.5 Å². The van der Waals surface area contributed by atoms with Crippen LogP contribution >= 0.6 is 11.6 Å². The zero-order chi connectivity index (χ0) is 25.4. The average molecular weight is 506 g/mol. The molecule has 2 amide bonds. The van der Waals surface area contributed by atoms with Crippen LogP contribution in [0.3, 0.4) is 0 Å². The molecule has 1 saturated carbocycles. The first-order valence-corrected chi connectivity index (χ1v) is 12.2. The van der Waals surface area contributed by atoms with Gasteiger partial charge in [0.15, 0.2) is 0 Å². The van der Waals surface area contributed by atoms with Crippen molar-refractivity contribution < 1.29 is 14.0 Å². The number of nitrogens with zero attached hydrogens (tertiary/aromatic N) is 4. The highest BCUT2D eigenvalue weighted by atomic mass is 35.5. The van der Waals surface area contributed by atoms with Gasteiger partial charge in [0.25, 0.3) is 5.91 Å². The SMILES string of the molecule is CC(=O)N1C[C@H]2CC(n3ncc(Cl)c3C(=O)Nc3ncc(C#Cc4ccc(F)cc4)cc3C)C[C@H]2C1. The van der Waals surface area contributed by atoms with Gasteiger partial charge in [0.2, 0.25) is 5.91 Å². The van der Waals surface area contributed by atoms with Crippen LogP contribution in [0.1, 0.15) is 53.0 Å². The van der Waals surface area contributed by atoms with Crippen molar-refractivity contribution in [1.29, 1.82) is 0 Å². The lowest BCUT2D eigenvalue weighted by Gasteiger charge is -2.19. The number of nitrogens with one attached hydrogen (secondary N) is 1. The first-order chi connectivity index (χ1) is 17.3. The maximum absolute atomic E-state index is 13.2. The van der Waals surface area contributed by atoms with Gasteiger partial charge in [-0.25, -0.2) is 9.37 Å². The lowest BCUT2D eigenvalue weighted by Crippen LogP contribution is -2.28. The number of fused-ring (bicyclic) bond motifs is 1. The Hall–Kier alpha value is -3.70. The van der Waals surface area contributed by atoms with Crippen molar-refractivity contribution in [2.75, 3.05) is 18.4 Å². The zero-order valence-corrected chi connectivity index (χ0v) is 20.7. The van der Waals surface area contributed by atoms with E-state index in [4.69, 9.17) is 11.6 Å². The predicted octanol–water partition coefficient (Wildman–Crippen LogP) is 4.46. The van der Waals surface area contributed by atoms with Gasteiger partial charge < -0.3 is 10.2 Å². The molecule has 0 spiro atoms. The number of benzene rings is 1. The topological polar surface area (TPSA) is 80.1 Å². The van der Waals surface area contributed by atoms with E-state index in [9.17, 15) is 14.0 Å². The molecule has 1 aliphatic carbocycles. The molecule has 0 radical (unpaired) electrons. The highest BCUT2D eigenvalue weighted by molar-refractivity contribution is 6.34. The number of hydrogen-bond acceptors (Lipinski definition) is 4. The van der Waals surface area contributed by atoms with E-state index in [-0.39, 0.29) is 28.7 Å². The number of aromatic nitrogens is 3. The van der Waals surface area contributed by atoms with Gasteiger partial charge in [-0.2, -0.15) is 5.10 Å². The molecule has 9 heteroatoms. The van der Waals surface area contributed by atoms with E-state index < -0.39 is 0 Å². The minimum Gasteiger partial charge on any atom is -0.342 e. The average Bonchev–Trinajstić information content (AvgIpc) is 3.53. The highest BCUT2D eigenvalue weighted by Crippen LogP contribution is 2.44. The Morgan fingerprint density at radius 1 is 1.08 bits per heavy atom. The number of anilines is 1. The molecule has 3 aromatic rings.